The number of alkyl halides is 3. The second-order valence-electron chi connectivity index (χ2n) is 4.45. The molecule has 0 saturated heterocycles. The van der Waals surface area contributed by atoms with E-state index in [1.54, 1.807) is 17.4 Å². The highest BCUT2D eigenvalue weighted by molar-refractivity contribution is 5.71. The molecule has 0 aromatic heterocycles. The van der Waals surface area contributed by atoms with E-state index in [9.17, 15) is 18.0 Å². The summed E-state index contributed by atoms with van der Waals surface area (Å²) in [6.07, 6.45) is -5.68. The summed E-state index contributed by atoms with van der Waals surface area (Å²) in [5.41, 5.74) is -1.38. The predicted octanol–water partition coefficient (Wildman–Crippen LogP) is 3.42. The number of nitrogens with one attached hydrogen (secondary N) is 1. The minimum absolute atomic E-state index is 0.191. The molecule has 0 aliphatic heterocycles. The fourth-order valence-corrected chi connectivity index (χ4v) is 1.06. The molecule has 1 amide bonds. The Morgan fingerprint density at radius 1 is 1.17 bits per heavy atom. The molecule has 0 fully saturated rings. The van der Waals surface area contributed by atoms with Crippen LogP contribution in [0, 0.1) is 6.92 Å². The van der Waals surface area contributed by atoms with E-state index in [0.717, 1.165) is 19.4 Å². The van der Waals surface area contributed by atoms with Gasteiger partial charge in [-0.05, 0) is 32.9 Å². The number of hydrogen-bond acceptors (Lipinski definition) is 2. The van der Waals surface area contributed by atoms with E-state index in [-0.39, 0.29) is 5.75 Å². The molecule has 0 radical (unpaired) electrons. The summed E-state index contributed by atoms with van der Waals surface area (Å²) in [6.45, 7) is 3.57. The van der Waals surface area contributed by atoms with Gasteiger partial charge in [-0.3, -0.25) is 0 Å². The number of amides is 1. The van der Waals surface area contributed by atoms with Crippen LogP contribution in [0.1, 0.15) is 19.4 Å². The molecule has 1 rings (SSSR count). The van der Waals surface area contributed by atoms with Gasteiger partial charge in [0.25, 0.3) is 0 Å². The second-order valence-corrected chi connectivity index (χ2v) is 4.45. The summed E-state index contributed by atoms with van der Waals surface area (Å²) in [4.78, 5) is 11.3. The first kappa shape index (κ1) is 14.3. The van der Waals surface area contributed by atoms with Gasteiger partial charge in [0.1, 0.15) is 11.3 Å². The molecule has 0 saturated carbocycles. The maximum absolute atomic E-state index is 12.5. The van der Waals surface area contributed by atoms with E-state index < -0.39 is 17.8 Å². The lowest BCUT2D eigenvalue weighted by atomic mass is 10.1. The normalized spacial score (nSPS) is 12.1. The van der Waals surface area contributed by atoms with Gasteiger partial charge in [-0.15, -0.1) is 0 Å². The first-order valence-corrected chi connectivity index (χ1v) is 5.25. The molecule has 0 bridgehead atoms. The highest BCUT2D eigenvalue weighted by Gasteiger charge is 2.48. The third kappa shape index (κ3) is 3.65. The lowest BCUT2D eigenvalue weighted by molar-refractivity contribution is -0.183. The molecule has 1 aromatic rings. The van der Waals surface area contributed by atoms with Crippen molar-refractivity contribution in [2.75, 3.05) is 0 Å². The van der Waals surface area contributed by atoms with Crippen molar-refractivity contribution in [3.8, 4) is 5.75 Å². The topological polar surface area (TPSA) is 38.3 Å². The van der Waals surface area contributed by atoms with Crippen molar-refractivity contribution in [3.05, 3.63) is 29.8 Å². The number of ether oxygens (including phenoxy) is 1. The fourth-order valence-electron chi connectivity index (χ4n) is 1.06. The molecule has 0 spiro atoms. The van der Waals surface area contributed by atoms with E-state index in [1.807, 2.05) is 6.92 Å². The monoisotopic (exact) mass is 261 g/mol. The molecule has 100 valence electrons. The zero-order chi connectivity index (χ0) is 14.0. The maximum Gasteiger partial charge on any atom is 0.413 e. The summed E-state index contributed by atoms with van der Waals surface area (Å²) < 4.78 is 42.3. The van der Waals surface area contributed by atoms with Crippen molar-refractivity contribution in [1.82, 2.24) is 5.32 Å². The van der Waals surface area contributed by atoms with Gasteiger partial charge in [0, 0.05) is 0 Å². The summed E-state index contributed by atoms with van der Waals surface area (Å²) in [7, 11) is 0. The lowest BCUT2D eigenvalue weighted by Gasteiger charge is -2.28. The number of aryl methyl sites for hydroxylation is 1. The molecule has 0 aliphatic carbocycles. The fraction of sp³-hybridized carbons (Fsp3) is 0.417. The van der Waals surface area contributed by atoms with Crippen LogP contribution in [0.15, 0.2) is 24.3 Å². The quantitative estimate of drug-likeness (QED) is 0.885. The molecule has 0 heterocycles. The smallest absolute Gasteiger partial charge is 0.410 e. The maximum atomic E-state index is 12.5. The first-order chi connectivity index (χ1) is 8.12. The van der Waals surface area contributed by atoms with Gasteiger partial charge >= 0.3 is 12.3 Å². The molecule has 0 atom stereocenters. The Morgan fingerprint density at radius 3 is 2.11 bits per heavy atom. The van der Waals surface area contributed by atoms with Gasteiger partial charge in [0.2, 0.25) is 0 Å². The van der Waals surface area contributed by atoms with Crippen LogP contribution in [0.4, 0.5) is 18.0 Å². The molecule has 18 heavy (non-hydrogen) atoms. The standard InChI is InChI=1S/C12H14F3NO2/c1-8-4-6-9(7-5-8)18-10(17)16-11(2,3)12(13,14)15/h4-7H,1-3H3,(H,16,17). The average Bonchev–Trinajstić information content (AvgIpc) is 2.19. The molecule has 3 nitrogen and oxygen atoms in total. The lowest BCUT2D eigenvalue weighted by Crippen LogP contribution is -2.55. The Balaban J connectivity index is 2.65. The van der Waals surface area contributed by atoms with Crippen LogP contribution in [0.25, 0.3) is 0 Å². The number of benzene rings is 1. The predicted molar refractivity (Wildman–Crippen MR) is 60.5 cm³/mol. The Labute approximate surface area is 103 Å². The summed E-state index contributed by atoms with van der Waals surface area (Å²) in [5.74, 6) is 0.191. The number of carbonyl (C=O) groups excluding carboxylic acids is 1. The number of rotatable bonds is 2. The van der Waals surface area contributed by atoms with Crippen molar-refractivity contribution in [3.63, 3.8) is 0 Å². The van der Waals surface area contributed by atoms with E-state index >= 15 is 0 Å². The van der Waals surface area contributed by atoms with Crippen molar-refractivity contribution in [1.29, 1.82) is 0 Å². The van der Waals surface area contributed by atoms with Crippen LogP contribution < -0.4 is 10.1 Å². The Hall–Kier alpha value is -1.72. The van der Waals surface area contributed by atoms with E-state index in [0.29, 0.717) is 0 Å². The van der Waals surface area contributed by atoms with Crippen molar-refractivity contribution in [2.24, 2.45) is 0 Å². The van der Waals surface area contributed by atoms with Crippen LogP contribution in [-0.2, 0) is 0 Å². The molecule has 6 heteroatoms. The van der Waals surface area contributed by atoms with Gasteiger partial charge in [-0.1, -0.05) is 17.7 Å². The molecule has 1 N–H and O–H groups in total. The minimum atomic E-state index is -4.54. The Kier molecular flexibility index (Phi) is 3.88. The summed E-state index contributed by atoms with van der Waals surface area (Å²) >= 11 is 0. The van der Waals surface area contributed by atoms with Crippen molar-refractivity contribution in [2.45, 2.75) is 32.5 Å². The van der Waals surface area contributed by atoms with Gasteiger partial charge in [0.15, 0.2) is 0 Å². The molecular formula is C12H14F3NO2. The Bertz CT molecular complexity index is 424. The van der Waals surface area contributed by atoms with Gasteiger partial charge in [-0.25, -0.2) is 4.79 Å². The van der Waals surface area contributed by atoms with E-state index in [4.69, 9.17) is 4.74 Å². The van der Waals surface area contributed by atoms with Crippen LogP contribution >= 0.6 is 0 Å². The zero-order valence-corrected chi connectivity index (χ0v) is 10.3. The van der Waals surface area contributed by atoms with Crippen molar-refractivity contribution < 1.29 is 22.7 Å². The van der Waals surface area contributed by atoms with Gasteiger partial charge < -0.3 is 10.1 Å². The van der Waals surface area contributed by atoms with Crippen molar-refractivity contribution >= 4 is 6.09 Å². The van der Waals surface area contributed by atoms with Crippen LogP contribution in [0.3, 0.4) is 0 Å². The zero-order valence-electron chi connectivity index (χ0n) is 10.3. The Morgan fingerprint density at radius 2 is 1.67 bits per heavy atom. The van der Waals surface area contributed by atoms with Crippen LogP contribution in [0.5, 0.6) is 5.75 Å². The van der Waals surface area contributed by atoms with Gasteiger partial charge in [-0.2, -0.15) is 13.2 Å². The third-order valence-corrected chi connectivity index (χ3v) is 2.35. The number of hydrogen-bond donors (Lipinski definition) is 1. The highest BCUT2D eigenvalue weighted by Crippen LogP contribution is 2.29. The third-order valence-electron chi connectivity index (χ3n) is 2.35. The highest BCUT2D eigenvalue weighted by atomic mass is 19.4. The largest absolute Gasteiger partial charge is 0.413 e. The first-order valence-electron chi connectivity index (χ1n) is 5.25. The molecule has 0 unspecified atom stereocenters. The average molecular weight is 261 g/mol. The SMILES string of the molecule is Cc1ccc(OC(=O)NC(C)(C)C(F)(F)F)cc1. The molecule has 1 aromatic carbocycles. The van der Waals surface area contributed by atoms with Gasteiger partial charge in [0.05, 0.1) is 0 Å². The molecular weight excluding hydrogens is 247 g/mol. The van der Waals surface area contributed by atoms with E-state index in [1.165, 1.54) is 12.1 Å². The molecule has 0 aliphatic rings. The summed E-state index contributed by atoms with van der Waals surface area (Å²) in [5, 5.41) is 1.77. The minimum Gasteiger partial charge on any atom is -0.410 e. The number of carbonyl (C=O) groups is 1. The second kappa shape index (κ2) is 4.88. The number of halogens is 3. The van der Waals surface area contributed by atoms with Crippen LogP contribution in [0.2, 0.25) is 0 Å². The van der Waals surface area contributed by atoms with Crippen LogP contribution in [-0.4, -0.2) is 17.8 Å². The van der Waals surface area contributed by atoms with E-state index in [2.05, 4.69) is 0 Å². The summed E-state index contributed by atoms with van der Waals surface area (Å²) in [6, 6.07) is 6.40.